The minimum Gasteiger partial charge on any atom is -0.477 e. The number of aromatic nitrogens is 4. The molecule has 4 heterocycles. The Bertz CT molecular complexity index is 3020. The van der Waals surface area contributed by atoms with Gasteiger partial charge in [-0.15, -0.1) is 0 Å². The smallest absolute Gasteiger partial charge is 0.354 e. The van der Waals surface area contributed by atoms with Gasteiger partial charge in [-0.25, -0.2) is 14.8 Å². The number of aromatic carboxylic acids is 1. The number of carbonyl (C=O) groups is 4. The summed E-state index contributed by atoms with van der Waals surface area (Å²) in [5, 5.41) is 10.1. The van der Waals surface area contributed by atoms with Crippen LogP contribution in [0.4, 0.5) is 0 Å². The molecule has 4 aromatic carbocycles. The number of nitrogens with zero attached hydrogens (tertiary/aromatic N) is 4. The Hall–Kier alpha value is -8.12. The largest absolute Gasteiger partial charge is 0.477 e. The summed E-state index contributed by atoms with van der Waals surface area (Å²) < 4.78 is 3.57. The summed E-state index contributed by atoms with van der Waals surface area (Å²) in [6.45, 7) is 8.28. The normalized spacial score (nSPS) is 10.9. The van der Waals surface area contributed by atoms with Crippen molar-refractivity contribution < 1.29 is 24.3 Å². The lowest BCUT2D eigenvalue weighted by molar-refractivity contribution is 0.0689. The minimum atomic E-state index is -1.11. The lowest BCUT2D eigenvalue weighted by Gasteiger charge is -2.14. The highest BCUT2D eigenvalue weighted by atomic mass is 16.4. The number of hydrogen-bond acceptors (Lipinski definition) is 8. The van der Waals surface area contributed by atoms with E-state index in [0.717, 1.165) is 22.3 Å². The van der Waals surface area contributed by atoms with Crippen LogP contribution in [0.15, 0.2) is 143 Å². The summed E-state index contributed by atoms with van der Waals surface area (Å²) in [7, 11) is 0. The maximum Gasteiger partial charge on any atom is 0.354 e. The third kappa shape index (κ3) is 8.75. The molecule has 0 radical (unpaired) electrons. The van der Waals surface area contributed by atoms with E-state index in [9.17, 15) is 33.9 Å². The van der Waals surface area contributed by atoms with E-state index in [1.165, 1.54) is 12.3 Å². The first-order chi connectivity index (χ1) is 29.7. The summed E-state index contributed by atoms with van der Waals surface area (Å²) in [5.41, 5.74) is 12.4. The zero-order chi connectivity index (χ0) is 44.2. The third-order valence-corrected chi connectivity index (χ3v) is 10.8. The summed E-state index contributed by atoms with van der Waals surface area (Å²) >= 11 is 0. The Kier molecular flexibility index (Phi) is 11.9. The predicted octanol–water partition coefficient (Wildman–Crippen LogP) is 7.38. The van der Waals surface area contributed by atoms with Crippen molar-refractivity contribution in [3.05, 3.63) is 221 Å². The van der Waals surface area contributed by atoms with Gasteiger partial charge < -0.3 is 20.0 Å². The maximum absolute atomic E-state index is 13.2. The van der Waals surface area contributed by atoms with Gasteiger partial charge in [0.15, 0.2) is 11.6 Å². The van der Waals surface area contributed by atoms with Gasteiger partial charge in [-0.1, -0.05) is 60.7 Å². The number of primary amides is 1. The minimum absolute atomic E-state index is 0.0609. The van der Waals surface area contributed by atoms with Crippen LogP contribution in [-0.2, 0) is 13.1 Å². The van der Waals surface area contributed by atoms with Gasteiger partial charge in [-0.3, -0.25) is 24.0 Å². The average Bonchev–Trinajstić information content (AvgIpc) is 3.27. The van der Waals surface area contributed by atoms with E-state index in [4.69, 9.17) is 5.73 Å². The van der Waals surface area contributed by atoms with E-state index in [1.54, 1.807) is 100 Å². The lowest BCUT2D eigenvalue weighted by atomic mass is 9.99. The number of aryl methyl sites for hydroxylation is 4. The van der Waals surface area contributed by atoms with E-state index >= 15 is 0 Å². The Balaban J connectivity index is 0.000000186. The Morgan fingerprint density at radius 1 is 0.532 bits per heavy atom. The van der Waals surface area contributed by atoms with Crippen LogP contribution in [0.25, 0.3) is 21.8 Å². The topological polar surface area (TPSA) is 184 Å². The molecule has 4 aromatic heterocycles. The molecule has 8 aromatic rings. The summed E-state index contributed by atoms with van der Waals surface area (Å²) in [6.07, 6.45) is 3.11. The van der Waals surface area contributed by atoms with Crippen molar-refractivity contribution in [1.82, 2.24) is 19.1 Å². The number of fused-ring (bicyclic) bond motifs is 2. The molecular weight excluding hydrogens is 783 g/mol. The lowest BCUT2D eigenvalue weighted by Crippen LogP contribution is -2.21. The summed E-state index contributed by atoms with van der Waals surface area (Å²) in [5.74, 6) is -2.40. The number of amides is 1. The number of carboxylic acid groups (broad SMARTS) is 1. The summed E-state index contributed by atoms with van der Waals surface area (Å²) in [6, 6.07) is 34.7. The molecule has 0 aliphatic carbocycles. The molecule has 8 rings (SSSR count). The van der Waals surface area contributed by atoms with Gasteiger partial charge in [-0.2, -0.15) is 0 Å². The van der Waals surface area contributed by atoms with Gasteiger partial charge in [0.1, 0.15) is 11.4 Å². The summed E-state index contributed by atoms with van der Waals surface area (Å²) in [4.78, 5) is 83.9. The standard InChI is InChI=1S/C25H21N3O3.C25H20N2O4/c1-15-10-11-17(12-16(15)2)23(29)20-14-28(22-9-4-3-7-19(22)24(20)30)13-18-6-5-8-21(27-18)25(26)31;1-15-10-11-17(12-16(15)2)23(28)20-14-27(22-9-4-3-7-19(22)24(20)29)13-18-6-5-8-21(26-18)25(30)31/h3-12,14H,13H2,1-2H3,(H2,26,31);3-12,14H,13H2,1-2H3,(H,30,31). The number of hydrogen-bond donors (Lipinski definition) is 2. The van der Waals surface area contributed by atoms with Gasteiger partial charge in [0.05, 0.1) is 46.6 Å². The predicted molar refractivity (Wildman–Crippen MR) is 237 cm³/mol. The Labute approximate surface area is 355 Å². The van der Waals surface area contributed by atoms with Crippen molar-refractivity contribution in [3.8, 4) is 0 Å². The van der Waals surface area contributed by atoms with Crippen LogP contribution in [-0.4, -0.2) is 47.7 Å². The first-order valence-corrected chi connectivity index (χ1v) is 19.6. The zero-order valence-corrected chi connectivity index (χ0v) is 34.4. The van der Waals surface area contributed by atoms with Crippen molar-refractivity contribution >= 4 is 45.2 Å². The van der Waals surface area contributed by atoms with E-state index in [-0.39, 0.29) is 58.0 Å². The van der Waals surface area contributed by atoms with Crippen molar-refractivity contribution in [2.45, 2.75) is 40.8 Å². The zero-order valence-electron chi connectivity index (χ0n) is 34.4. The SMILES string of the molecule is Cc1ccc(C(=O)c2cn(Cc3cccc(C(=O)O)n3)c3ccccc3c2=O)cc1C.Cc1ccc(C(=O)c2cn(Cc3cccc(C(N)=O)n3)c3ccccc3c2=O)cc1C. The van der Waals surface area contributed by atoms with Gasteiger partial charge >= 0.3 is 5.97 Å². The Morgan fingerprint density at radius 2 is 0.952 bits per heavy atom. The molecule has 62 heavy (non-hydrogen) atoms. The highest BCUT2D eigenvalue weighted by molar-refractivity contribution is 6.11. The fraction of sp³-hybridized carbons (Fsp3) is 0.120. The molecule has 0 bridgehead atoms. The van der Waals surface area contributed by atoms with Gasteiger partial charge in [0.25, 0.3) is 5.91 Å². The molecule has 1 amide bonds. The number of para-hydroxylation sites is 2. The monoisotopic (exact) mass is 823 g/mol. The molecule has 12 nitrogen and oxygen atoms in total. The van der Waals surface area contributed by atoms with Crippen LogP contribution in [0, 0.1) is 27.7 Å². The quantitative estimate of drug-likeness (QED) is 0.133. The molecule has 0 saturated carbocycles. The number of nitrogens with two attached hydrogens (primary N) is 1. The average molecular weight is 824 g/mol. The van der Waals surface area contributed by atoms with Crippen LogP contribution in [0.2, 0.25) is 0 Å². The molecule has 308 valence electrons. The van der Waals surface area contributed by atoms with Gasteiger partial charge in [0.2, 0.25) is 10.9 Å². The van der Waals surface area contributed by atoms with E-state index in [2.05, 4.69) is 9.97 Å². The van der Waals surface area contributed by atoms with Crippen LogP contribution in [0.1, 0.15) is 86.5 Å². The van der Waals surface area contributed by atoms with Gasteiger partial charge in [-0.05, 0) is 111 Å². The Morgan fingerprint density at radius 3 is 1.37 bits per heavy atom. The molecular formula is C50H41N5O7. The second-order valence-corrected chi connectivity index (χ2v) is 15.0. The van der Waals surface area contributed by atoms with Crippen molar-refractivity contribution in [1.29, 1.82) is 0 Å². The molecule has 0 spiro atoms. The van der Waals surface area contributed by atoms with Crippen molar-refractivity contribution in [2.24, 2.45) is 5.73 Å². The van der Waals surface area contributed by atoms with Crippen LogP contribution < -0.4 is 16.6 Å². The van der Waals surface area contributed by atoms with E-state index < -0.39 is 11.9 Å². The molecule has 0 unspecified atom stereocenters. The molecule has 12 heteroatoms. The highest BCUT2D eigenvalue weighted by Gasteiger charge is 2.20. The van der Waals surface area contributed by atoms with Crippen LogP contribution in [0.5, 0.6) is 0 Å². The first kappa shape index (κ1) is 42.0. The second-order valence-electron chi connectivity index (χ2n) is 15.0. The number of benzene rings is 4. The third-order valence-electron chi connectivity index (χ3n) is 10.8. The first-order valence-electron chi connectivity index (χ1n) is 19.6. The molecule has 0 atom stereocenters. The molecule has 3 N–H and O–H groups in total. The van der Waals surface area contributed by atoms with Crippen molar-refractivity contribution in [3.63, 3.8) is 0 Å². The van der Waals surface area contributed by atoms with Crippen LogP contribution in [0.3, 0.4) is 0 Å². The molecule has 0 fully saturated rings. The fourth-order valence-electron chi connectivity index (χ4n) is 7.09. The molecule has 0 aliphatic heterocycles. The number of carboxylic acids is 1. The fourth-order valence-corrected chi connectivity index (χ4v) is 7.09. The highest BCUT2D eigenvalue weighted by Crippen LogP contribution is 2.20. The van der Waals surface area contributed by atoms with E-state index in [1.807, 2.05) is 58.0 Å². The van der Waals surface area contributed by atoms with Crippen molar-refractivity contribution in [2.75, 3.05) is 0 Å². The van der Waals surface area contributed by atoms with Crippen LogP contribution >= 0.6 is 0 Å². The maximum atomic E-state index is 13.2. The van der Waals surface area contributed by atoms with Gasteiger partial charge in [0, 0.05) is 34.3 Å². The number of ketones is 2. The second kappa shape index (κ2) is 17.6. The number of rotatable bonds is 10. The van der Waals surface area contributed by atoms with E-state index in [0.29, 0.717) is 44.3 Å². The number of pyridine rings is 4. The molecule has 0 aliphatic rings. The molecule has 0 saturated heterocycles. The number of carbonyl (C=O) groups excluding carboxylic acids is 3.